The molecule has 0 saturated carbocycles. The third kappa shape index (κ3) is 1.05. The molecule has 4 heteroatoms. The first-order valence-corrected chi connectivity index (χ1v) is 4.43. The van der Waals surface area contributed by atoms with Gasteiger partial charge in [0.25, 0.3) is 0 Å². The van der Waals surface area contributed by atoms with Gasteiger partial charge in [0.15, 0.2) is 0 Å². The molecule has 2 heterocycles. The van der Waals surface area contributed by atoms with Gasteiger partial charge in [-0.1, -0.05) is 6.58 Å². The van der Waals surface area contributed by atoms with Crippen LogP contribution >= 0.6 is 0 Å². The Balaban J connectivity index is 2.27. The molecule has 2 aliphatic heterocycles. The Morgan fingerprint density at radius 3 is 2.62 bits per heavy atom. The van der Waals surface area contributed by atoms with E-state index in [0.29, 0.717) is 25.1 Å². The molecule has 1 unspecified atom stereocenters. The Morgan fingerprint density at radius 1 is 1.31 bits per heavy atom. The van der Waals surface area contributed by atoms with Crippen molar-refractivity contribution in [3.8, 4) is 0 Å². The van der Waals surface area contributed by atoms with Crippen LogP contribution in [0.15, 0.2) is 12.3 Å². The van der Waals surface area contributed by atoms with Crippen LogP contribution in [0.3, 0.4) is 0 Å². The van der Waals surface area contributed by atoms with Crippen LogP contribution in [0.25, 0.3) is 0 Å². The highest BCUT2D eigenvalue weighted by molar-refractivity contribution is 5.92. The minimum absolute atomic E-state index is 0.0116. The lowest BCUT2D eigenvalue weighted by Crippen LogP contribution is -2.44. The predicted octanol–water partition coefficient (Wildman–Crippen LogP) is -0.0836. The van der Waals surface area contributed by atoms with Gasteiger partial charge >= 0.3 is 0 Å². The quantitative estimate of drug-likeness (QED) is 0.547. The molecule has 2 rings (SSSR count). The predicted molar refractivity (Wildman–Crippen MR) is 46.6 cm³/mol. The zero-order chi connectivity index (χ0) is 9.47. The highest BCUT2D eigenvalue weighted by atomic mass is 16.2. The van der Waals surface area contributed by atoms with Gasteiger partial charge in [0.2, 0.25) is 11.8 Å². The average molecular weight is 180 g/mol. The fraction of sp³-hybridized carbons (Fsp3) is 0.556. The first-order valence-electron chi connectivity index (χ1n) is 4.43. The standard InChI is InChI=1S/C9H12N2O2/c1-6-9(3-2-7(12)11-6)4-5-10-8(9)13/h1-5H2,(H,10,13)(H,11,12). The van der Waals surface area contributed by atoms with Crippen molar-refractivity contribution in [2.24, 2.45) is 5.41 Å². The van der Waals surface area contributed by atoms with E-state index in [9.17, 15) is 9.59 Å². The number of piperidine rings is 1. The van der Waals surface area contributed by atoms with Gasteiger partial charge in [-0.05, 0) is 12.8 Å². The minimum atomic E-state index is -0.506. The molecule has 2 aliphatic rings. The van der Waals surface area contributed by atoms with Crippen LogP contribution in [0.4, 0.5) is 0 Å². The summed E-state index contributed by atoms with van der Waals surface area (Å²) in [6, 6.07) is 0. The zero-order valence-electron chi connectivity index (χ0n) is 7.35. The molecule has 0 bridgehead atoms. The number of rotatable bonds is 0. The molecule has 1 atom stereocenters. The lowest BCUT2D eigenvalue weighted by Gasteiger charge is -2.32. The maximum absolute atomic E-state index is 11.5. The van der Waals surface area contributed by atoms with E-state index in [0.717, 1.165) is 6.42 Å². The summed E-state index contributed by atoms with van der Waals surface area (Å²) in [4.78, 5) is 22.6. The first kappa shape index (κ1) is 8.29. The molecule has 2 N–H and O–H groups in total. The number of carbonyl (C=O) groups is 2. The van der Waals surface area contributed by atoms with E-state index < -0.39 is 5.41 Å². The molecule has 2 saturated heterocycles. The van der Waals surface area contributed by atoms with Crippen molar-refractivity contribution in [2.45, 2.75) is 19.3 Å². The van der Waals surface area contributed by atoms with Crippen LogP contribution < -0.4 is 10.6 Å². The maximum Gasteiger partial charge on any atom is 0.232 e. The topological polar surface area (TPSA) is 58.2 Å². The number of amides is 2. The molecule has 2 amide bonds. The summed E-state index contributed by atoms with van der Waals surface area (Å²) in [7, 11) is 0. The molecule has 0 aromatic carbocycles. The molecule has 4 nitrogen and oxygen atoms in total. The second-order valence-corrected chi connectivity index (χ2v) is 3.61. The Hall–Kier alpha value is -1.32. The van der Waals surface area contributed by atoms with Gasteiger partial charge in [0.05, 0.1) is 5.41 Å². The van der Waals surface area contributed by atoms with Crippen molar-refractivity contribution in [2.75, 3.05) is 6.54 Å². The van der Waals surface area contributed by atoms with Crippen LogP contribution in [0.2, 0.25) is 0 Å². The second kappa shape index (κ2) is 2.58. The second-order valence-electron chi connectivity index (χ2n) is 3.61. The van der Waals surface area contributed by atoms with E-state index in [-0.39, 0.29) is 11.8 Å². The monoisotopic (exact) mass is 180 g/mol. The molecule has 0 aromatic heterocycles. The summed E-state index contributed by atoms with van der Waals surface area (Å²) < 4.78 is 0. The van der Waals surface area contributed by atoms with E-state index in [1.807, 2.05) is 0 Å². The third-order valence-corrected chi connectivity index (χ3v) is 2.92. The number of carbonyl (C=O) groups excluding carboxylic acids is 2. The van der Waals surface area contributed by atoms with Crippen molar-refractivity contribution in [1.29, 1.82) is 0 Å². The Labute approximate surface area is 76.4 Å². The van der Waals surface area contributed by atoms with Gasteiger partial charge in [0.1, 0.15) is 0 Å². The van der Waals surface area contributed by atoms with Gasteiger partial charge in [-0.3, -0.25) is 9.59 Å². The van der Waals surface area contributed by atoms with Crippen molar-refractivity contribution in [3.05, 3.63) is 12.3 Å². The van der Waals surface area contributed by atoms with Crippen LogP contribution in [-0.2, 0) is 9.59 Å². The molecular formula is C9H12N2O2. The van der Waals surface area contributed by atoms with Crippen LogP contribution in [0, 0.1) is 5.41 Å². The smallest absolute Gasteiger partial charge is 0.232 e. The Kier molecular flexibility index (Phi) is 1.65. The van der Waals surface area contributed by atoms with E-state index in [1.165, 1.54) is 0 Å². The van der Waals surface area contributed by atoms with Crippen molar-refractivity contribution in [1.82, 2.24) is 10.6 Å². The molecule has 70 valence electrons. The number of nitrogens with one attached hydrogen (secondary N) is 2. The van der Waals surface area contributed by atoms with Crippen molar-refractivity contribution in [3.63, 3.8) is 0 Å². The lowest BCUT2D eigenvalue weighted by atomic mass is 9.76. The number of hydrogen-bond acceptors (Lipinski definition) is 2. The summed E-state index contributed by atoms with van der Waals surface area (Å²) in [5.41, 5.74) is 0.0622. The Bertz CT molecular complexity index is 298. The molecule has 0 radical (unpaired) electrons. The van der Waals surface area contributed by atoms with E-state index in [1.54, 1.807) is 0 Å². The number of hydrogen-bond donors (Lipinski definition) is 2. The Morgan fingerprint density at radius 2 is 2.08 bits per heavy atom. The summed E-state index contributed by atoms with van der Waals surface area (Å²) in [5.74, 6) is -0.0205. The van der Waals surface area contributed by atoms with Gasteiger partial charge in [0, 0.05) is 18.7 Å². The maximum atomic E-state index is 11.5. The highest BCUT2D eigenvalue weighted by Crippen LogP contribution is 2.39. The normalized spacial score (nSPS) is 33.4. The van der Waals surface area contributed by atoms with E-state index >= 15 is 0 Å². The van der Waals surface area contributed by atoms with Gasteiger partial charge in [-0.2, -0.15) is 0 Å². The lowest BCUT2D eigenvalue weighted by molar-refractivity contribution is -0.129. The average Bonchev–Trinajstić information content (AvgIpc) is 2.43. The fourth-order valence-electron chi connectivity index (χ4n) is 2.03. The molecule has 2 fully saturated rings. The summed E-state index contributed by atoms with van der Waals surface area (Å²) >= 11 is 0. The van der Waals surface area contributed by atoms with Gasteiger partial charge < -0.3 is 10.6 Å². The SMILES string of the molecule is C=C1NC(=O)CCC12CCNC2=O. The summed E-state index contributed by atoms with van der Waals surface area (Å²) in [6.45, 7) is 4.45. The van der Waals surface area contributed by atoms with E-state index in [4.69, 9.17) is 0 Å². The molecule has 0 aliphatic carbocycles. The van der Waals surface area contributed by atoms with Gasteiger partial charge in [-0.25, -0.2) is 0 Å². The van der Waals surface area contributed by atoms with Crippen molar-refractivity contribution >= 4 is 11.8 Å². The molecule has 13 heavy (non-hydrogen) atoms. The third-order valence-electron chi connectivity index (χ3n) is 2.92. The summed E-state index contributed by atoms with van der Waals surface area (Å²) in [6.07, 6.45) is 1.78. The van der Waals surface area contributed by atoms with Gasteiger partial charge in [-0.15, -0.1) is 0 Å². The van der Waals surface area contributed by atoms with Crippen LogP contribution in [0.1, 0.15) is 19.3 Å². The van der Waals surface area contributed by atoms with Crippen molar-refractivity contribution < 1.29 is 9.59 Å². The molecular weight excluding hydrogens is 168 g/mol. The summed E-state index contributed by atoms with van der Waals surface area (Å²) in [5, 5.41) is 5.42. The van der Waals surface area contributed by atoms with Crippen LogP contribution in [0.5, 0.6) is 0 Å². The van der Waals surface area contributed by atoms with Crippen LogP contribution in [-0.4, -0.2) is 18.4 Å². The zero-order valence-corrected chi connectivity index (χ0v) is 7.35. The fourth-order valence-corrected chi connectivity index (χ4v) is 2.03. The largest absolute Gasteiger partial charge is 0.355 e. The molecule has 0 aromatic rings. The first-order chi connectivity index (χ1) is 6.15. The minimum Gasteiger partial charge on any atom is -0.355 e. The van der Waals surface area contributed by atoms with E-state index in [2.05, 4.69) is 17.2 Å². The molecule has 1 spiro atoms. The highest BCUT2D eigenvalue weighted by Gasteiger charge is 2.47.